The molecule has 104 valence electrons. The third-order valence-corrected chi connectivity index (χ3v) is 3.48. The van der Waals surface area contributed by atoms with Gasteiger partial charge in [-0.25, -0.2) is 4.79 Å². The number of benzene rings is 1. The number of nitrogens with one attached hydrogen (secondary N) is 1. The van der Waals surface area contributed by atoms with E-state index in [2.05, 4.69) is 5.32 Å². The number of carbonyl (C=O) groups excluding carboxylic acids is 1. The topological polar surface area (TPSA) is 41.6 Å². The highest BCUT2D eigenvalue weighted by atomic mass is 16.5. The van der Waals surface area contributed by atoms with Crippen molar-refractivity contribution in [3.05, 3.63) is 29.8 Å². The molecule has 1 saturated heterocycles. The van der Waals surface area contributed by atoms with Gasteiger partial charge < -0.3 is 15.0 Å². The van der Waals surface area contributed by atoms with Gasteiger partial charge in [0.1, 0.15) is 0 Å². The van der Waals surface area contributed by atoms with Crippen LogP contribution in [0.4, 0.5) is 10.5 Å². The maximum Gasteiger partial charge on any atom is 0.321 e. The Morgan fingerprint density at radius 2 is 2.37 bits per heavy atom. The molecule has 1 unspecified atom stereocenters. The Morgan fingerprint density at radius 3 is 3.11 bits per heavy atom. The molecule has 1 N–H and O–H groups in total. The first kappa shape index (κ1) is 13.9. The molecule has 1 aromatic rings. The van der Waals surface area contributed by atoms with Crippen LogP contribution in [0.5, 0.6) is 0 Å². The molecule has 4 heteroatoms. The molecule has 1 atom stereocenters. The highest BCUT2D eigenvalue weighted by Gasteiger charge is 2.23. The lowest BCUT2D eigenvalue weighted by molar-refractivity contribution is 0.104. The monoisotopic (exact) mass is 262 g/mol. The van der Waals surface area contributed by atoms with Crippen molar-refractivity contribution in [3.8, 4) is 0 Å². The molecule has 1 heterocycles. The smallest absolute Gasteiger partial charge is 0.321 e. The summed E-state index contributed by atoms with van der Waals surface area (Å²) in [7, 11) is 1.71. The quantitative estimate of drug-likeness (QED) is 0.910. The number of carbonyl (C=O) groups is 1. The van der Waals surface area contributed by atoms with E-state index in [1.807, 2.05) is 36.1 Å². The number of rotatable bonds is 3. The van der Waals surface area contributed by atoms with E-state index in [4.69, 9.17) is 4.74 Å². The lowest BCUT2D eigenvalue weighted by Gasteiger charge is -2.32. The molecule has 1 fully saturated rings. The number of piperidine rings is 1. The van der Waals surface area contributed by atoms with E-state index in [0.717, 1.165) is 43.8 Å². The highest BCUT2D eigenvalue weighted by molar-refractivity contribution is 5.89. The zero-order valence-electron chi connectivity index (χ0n) is 11.7. The number of ether oxygens (including phenoxy) is 1. The van der Waals surface area contributed by atoms with Gasteiger partial charge in [-0.15, -0.1) is 0 Å². The van der Waals surface area contributed by atoms with Crippen LogP contribution >= 0.6 is 0 Å². The summed E-state index contributed by atoms with van der Waals surface area (Å²) in [5.74, 6) is 0.460. The number of anilines is 1. The average molecular weight is 262 g/mol. The zero-order valence-corrected chi connectivity index (χ0v) is 11.7. The molecular formula is C15H22N2O2. The molecule has 0 aromatic heterocycles. The summed E-state index contributed by atoms with van der Waals surface area (Å²) in [6.07, 6.45) is 2.19. The second-order valence-corrected chi connectivity index (χ2v) is 5.21. The Balaban J connectivity index is 1.92. The van der Waals surface area contributed by atoms with Crippen molar-refractivity contribution in [2.75, 3.05) is 32.1 Å². The third-order valence-electron chi connectivity index (χ3n) is 3.48. The molecule has 0 saturated carbocycles. The van der Waals surface area contributed by atoms with Gasteiger partial charge in [-0.3, -0.25) is 0 Å². The maximum absolute atomic E-state index is 12.2. The Labute approximate surface area is 114 Å². The summed E-state index contributed by atoms with van der Waals surface area (Å²) in [6, 6.07) is 7.86. The van der Waals surface area contributed by atoms with Crippen molar-refractivity contribution in [2.24, 2.45) is 5.92 Å². The van der Waals surface area contributed by atoms with E-state index in [1.165, 1.54) is 0 Å². The molecule has 0 aliphatic carbocycles. The summed E-state index contributed by atoms with van der Waals surface area (Å²) >= 11 is 0. The second kappa shape index (κ2) is 6.57. The SMILES string of the molecule is COCC1CCCN(C(=O)Nc2cccc(C)c2)C1. The maximum atomic E-state index is 12.2. The molecule has 2 rings (SSSR count). The van der Waals surface area contributed by atoms with Gasteiger partial charge in [0.2, 0.25) is 0 Å². The Morgan fingerprint density at radius 1 is 1.53 bits per heavy atom. The van der Waals surface area contributed by atoms with Crippen LogP contribution < -0.4 is 5.32 Å². The van der Waals surface area contributed by atoms with Crippen LogP contribution in [-0.4, -0.2) is 37.7 Å². The van der Waals surface area contributed by atoms with Crippen molar-refractivity contribution in [1.82, 2.24) is 4.90 Å². The molecule has 0 radical (unpaired) electrons. The van der Waals surface area contributed by atoms with E-state index < -0.39 is 0 Å². The van der Waals surface area contributed by atoms with Crippen LogP contribution in [0.2, 0.25) is 0 Å². The molecule has 1 aromatic carbocycles. The van der Waals surface area contributed by atoms with Crippen LogP contribution in [0.15, 0.2) is 24.3 Å². The zero-order chi connectivity index (χ0) is 13.7. The van der Waals surface area contributed by atoms with Crippen molar-refractivity contribution >= 4 is 11.7 Å². The first-order valence-electron chi connectivity index (χ1n) is 6.80. The summed E-state index contributed by atoms with van der Waals surface area (Å²) < 4.78 is 5.19. The normalized spacial score (nSPS) is 19.3. The van der Waals surface area contributed by atoms with Crippen LogP contribution in [0.1, 0.15) is 18.4 Å². The van der Waals surface area contributed by atoms with Crippen molar-refractivity contribution in [2.45, 2.75) is 19.8 Å². The van der Waals surface area contributed by atoms with Gasteiger partial charge in [0.15, 0.2) is 0 Å². The van der Waals surface area contributed by atoms with Crippen LogP contribution in [0.25, 0.3) is 0 Å². The Bertz CT molecular complexity index is 432. The fourth-order valence-electron chi connectivity index (χ4n) is 2.55. The number of nitrogens with zero attached hydrogens (tertiary/aromatic N) is 1. The van der Waals surface area contributed by atoms with E-state index in [0.29, 0.717) is 5.92 Å². The third kappa shape index (κ3) is 3.96. The summed E-state index contributed by atoms with van der Waals surface area (Å²) in [5, 5.41) is 2.96. The van der Waals surface area contributed by atoms with E-state index in [9.17, 15) is 4.79 Å². The molecule has 0 bridgehead atoms. The Hall–Kier alpha value is -1.55. The molecule has 1 aliphatic heterocycles. The minimum absolute atomic E-state index is 0.00796. The molecule has 19 heavy (non-hydrogen) atoms. The number of methoxy groups -OCH3 is 1. The minimum atomic E-state index is -0.00796. The van der Waals surface area contributed by atoms with Gasteiger partial charge in [0.25, 0.3) is 0 Å². The van der Waals surface area contributed by atoms with Gasteiger partial charge in [0.05, 0.1) is 6.61 Å². The number of hydrogen-bond acceptors (Lipinski definition) is 2. The van der Waals surface area contributed by atoms with Gasteiger partial charge in [-0.1, -0.05) is 12.1 Å². The lowest BCUT2D eigenvalue weighted by atomic mass is 9.99. The van der Waals surface area contributed by atoms with Gasteiger partial charge in [-0.2, -0.15) is 0 Å². The van der Waals surface area contributed by atoms with Crippen LogP contribution in [0, 0.1) is 12.8 Å². The highest BCUT2D eigenvalue weighted by Crippen LogP contribution is 2.18. The van der Waals surface area contributed by atoms with Crippen LogP contribution in [0.3, 0.4) is 0 Å². The average Bonchev–Trinajstić information content (AvgIpc) is 2.39. The molecule has 2 amide bonds. The number of amides is 2. The van der Waals surface area contributed by atoms with E-state index in [-0.39, 0.29) is 6.03 Å². The fraction of sp³-hybridized carbons (Fsp3) is 0.533. The summed E-state index contributed by atoms with van der Waals surface area (Å²) in [6.45, 7) is 4.36. The number of urea groups is 1. The predicted molar refractivity (Wildman–Crippen MR) is 76.4 cm³/mol. The first-order chi connectivity index (χ1) is 9.19. The van der Waals surface area contributed by atoms with Gasteiger partial charge in [-0.05, 0) is 37.5 Å². The van der Waals surface area contributed by atoms with Gasteiger partial charge >= 0.3 is 6.03 Å². The summed E-state index contributed by atoms with van der Waals surface area (Å²) in [5.41, 5.74) is 2.01. The fourth-order valence-corrected chi connectivity index (χ4v) is 2.55. The number of hydrogen-bond donors (Lipinski definition) is 1. The van der Waals surface area contributed by atoms with Crippen molar-refractivity contribution in [1.29, 1.82) is 0 Å². The Kier molecular flexibility index (Phi) is 4.80. The molecular weight excluding hydrogens is 240 g/mol. The van der Waals surface area contributed by atoms with Crippen molar-refractivity contribution < 1.29 is 9.53 Å². The largest absolute Gasteiger partial charge is 0.384 e. The summed E-state index contributed by atoms with van der Waals surface area (Å²) in [4.78, 5) is 14.1. The predicted octanol–water partition coefficient (Wildman–Crippen LogP) is 2.89. The minimum Gasteiger partial charge on any atom is -0.384 e. The molecule has 0 spiro atoms. The number of likely N-dealkylation sites (tertiary alicyclic amines) is 1. The second-order valence-electron chi connectivity index (χ2n) is 5.21. The number of aryl methyl sites for hydroxylation is 1. The van der Waals surface area contributed by atoms with E-state index >= 15 is 0 Å². The van der Waals surface area contributed by atoms with E-state index in [1.54, 1.807) is 7.11 Å². The lowest BCUT2D eigenvalue weighted by Crippen LogP contribution is -2.43. The van der Waals surface area contributed by atoms with Gasteiger partial charge in [0, 0.05) is 31.8 Å². The molecule has 4 nitrogen and oxygen atoms in total. The van der Waals surface area contributed by atoms with Crippen LogP contribution in [-0.2, 0) is 4.74 Å². The van der Waals surface area contributed by atoms with Crippen molar-refractivity contribution in [3.63, 3.8) is 0 Å². The molecule has 1 aliphatic rings. The standard InChI is InChI=1S/C15H22N2O2/c1-12-5-3-7-14(9-12)16-15(18)17-8-4-6-13(10-17)11-19-2/h3,5,7,9,13H,4,6,8,10-11H2,1-2H3,(H,16,18). The first-order valence-corrected chi connectivity index (χ1v) is 6.80.